The van der Waals surface area contributed by atoms with Crippen molar-refractivity contribution in [1.29, 1.82) is 0 Å². The molecule has 0 saturated heterocycles. The van der Waals surface area contributed by atoms with Crippen LogP contribution in [0.15, 0.2) is 34.9 Å². The highest BCUT2D eigenvalue weighted by atomic mass is 16.5. The number of unbranched alkanes of at least 4 members (excludes halogenated alkanes) is 1. The zero-order valence-corrected chi connectivity index (χ0v) is 13.0. The molecule has 0 N–H and O–H groups in total. The van der Waals surface area contributed by atoms with E-state index in [1.54, 1.807) is 25.3 Å². The minimum atomic E-state index is -0.462. The van der Waals surface area contributed by atoms with Crippen molar-refractivity contribution in [1.82, 2.24) is 4.98 Å². The summed E-state index contributed by atoms with van der Waals surface area (Å²) in [6, 6.07) is 7.16. The molecule has 0 spiro atoms. The van der Waals surface area contributed by atoms with Gasteiger partial charge in [0.1, 0.15) is 18.1 Å². The summed E-state index contributed by atoms with van der Waals surface area (Å²) in [4.78, 5) is 15.8. The Bertz CT molecular complexity index is 589. The number of carbonyl (C=O) groups is 1. The summed E-state index contributed by atoms with van der Waals surface area (Å²) in [5.41, 5.74) is 1.07. The molecule has 0 aromatic carbocycles. The smallest absolute Gasteiger partial charge is 0.374 e. The van der Waals surface area contributed by atoms with Gasteiger partial charge in [-0.3, -0.25) is 4.98 Å². The second-order valence-corrected chi connectivity index (χ2v) is 4.86. The van der Waals surface area contributed by atoms with E-state index in [0.717, 1.165) is 25.0 Å². The standard InChI is InChI=1S/C17H21NO4/c1-3-5-6-13-7-8-14(11-18-13)21-12-15-9-10-16(22-15)17(19)20-4-2/h7-11H,3-6,12H2,1-2H3. The van der Waals surface area contributed by atoms with E-state index < -0.39 is 5.97 Å². The molecule has 0 aliphatic carbocycles. The summed E-state index contributed by atoms with van der Waals surface area (Å²) >= 11 is 0. The largest absolute Gasteiger partial charge is 0.484 e. The Morgan fingerprint density at radius 2 is 2.09 bits per heavy atom. The molecule has 22 heavy (non-hydrogen) atoms. The third-order valence-corrected chi connectivity index (χ3v) is 3.10. The Morgan fingerprint density at radius 3 is 2.77 bits per heavy atom. The maximum absolute atomic E-state index is 11.5. The third-order valence-electron chi connectivity index (χ3n) is 3.10. The molecule has 0 fully saturated rings. The quantitative estimate of drug-likeness (QED) is 0.695. The highest BCUT2D eigenvalue weighted by Gasteiger charge is 2.12. The molecule has 0 saturated carbocycles. The van der Waals surface area contributed by atoms with Crippen LogP contribution in [-0.4, -0.2) is 17.6 Å². The van der Waals surface area contributed by atoms with Crippen molar-refractivity contribution in [3.05, 3.63) is 47.7 Å². The van der Waals surface area contributed by atoms with Gasteiger partial charge >= 0.3 is 5.97 Å². The van der Waals surface area contributed by atoms with Crippen molar-refractivity contribution in [2.45, 2.75) is 39.7 Å². The van der Waals surface area contributed by atoms with Crippen LogP contribution in [0.5, 0.6) is 5.75 Å². The van der Waals surface area contributed by atoms with Crippen molar-refractivity contribution < 1.29 is 18.7 Å². The first-order valence-corrected chi connectivity index (χ1v) is 7.56. The van der Waals surface area contributed by atoms with Gasteiger partial charge in [0.25, 0.3) is 0 Å². The summed E-state index contributed by atoms with van der Waals surface area (Å²) in [6.07, 6.45) is 4.98. The monoisotopic (exact) mass is 303 g/mol. The number of pyridine rings is 1. The highest BCUT2D eigenvalue weighted by molar-refractivity contribution is 5.86. The number of hydrogen-bond donors (Lipinski definition) is 0. The molecule has 0 bridgehead atoms. The first kappa shape index (κ1) is 16.1. The Balaban J connectivity index is 1.86. The topological polar surface area (TPSA) is 61.6 Å². The number of rotatable bonds is 8. The Morgan fingerprint density at radius 1 is 1.23 bits per heavy atom. The fourth-order valence-electron chi connectivity index (χ4n) is 1.92. The predicted molar refractivity (Wildman–Crippen MR) is 81.8 cm³/mol. The lowest BCUT2D eigenvalue weighted by molar-refractivity contribution is 0.0486. The summed E-state index contributed by atoms with van der Waals surface area (Å²) in [7, 11) is 0. The van der Waals surface area contributed by atoms with Crippen molar-refractivity contribution >= 4 is 5.97 Å². The van der Waals surface area contributed by atoms with E-state index in [9.17, 15) is 4.79 Å². The molecule has 0 aliphatic heterocycles. The van der Waals surface area contributed by atoms with Gasteiger partial charge in [-0.2, -0.15) is 0 Å². The molecule has 2 rings (SSSR count). The zero-order chi connectivity index (χ0) is 15.8. The van der Waals surface area contributed by atoms with Gasteiger partial charge in [0.05, 0.1) is 12.8 Å². The lowest BCUT2D eigenvalue weighted by Crippen LogP contribution is -2.02. The number of hydrogen-bond acceptors (Lipinski definition) is 5. The molecule has 5 heteroatoms. The number of esters is 1. The fourth-order valence-corrected chi connectivity index (χ4v) is 1.92. The average Bonchev–Trinajstić information content (AvgIpc) is 3.01. The van der Waals surface area contributed by atoms with Crippen LogP contribution < -0.4 is 4.74 Å². The molecular weight excluding hydrogens is 282 g/mol. The molecule has 0 atom stereocenters. The molecule has 2 aromatic rings. The molecule has 0 aliphatic rings. The third kappa shape index (κ3) is 4.62. The molecule has 0 unspecified atom stereocenters. The van der Waals surface area contributed by atoms with E-state index >= 15 is 0 Å². The van der Waals surface area contributed by atoms with E-state index in [0.29, 0.717) is 18.1 Å². The Hall–Kier alpha value is -2.30. The molecule has 0 amide bonds. The Labute approximate surface area is 130 Å². The second-order valence-electron chi connectivity index (χ2n) is 4.86. The Kier molecular flexibility index (Phi) is 6.01. The molecular formula is C17H21NO4. The van der Waals surface area contributed by atoms with Crippen LogP contribution in [0.4, 0.5) is 0 Å². The number of nitrogens with zero attached hydrogens (tertiary/aromatic N) is 1. The van der Waals surface area contributed by atoms with Gasteiger partial charge in [0.2, 0.25) is 5.76 Å². The van der Waals surface area contributed by atoms with Crippen LogP contribution >= 0.6 is 0 Å². The maximum Gasteiger partial charge on any atom is 0.374 e. The summed E-state index contributed by atoms with van der Waals surface area (Å²) in [5, 5.41) is 0. The lowest BCUT2D eigenvalue weighted by Gasteiger charge is -2.05. The van der Waals surface area contributed by atoms with Gasteiger partial charge < -0.3 is 13.9 Å². The lowest BCUT2D eigenvalue weighted by atomic mass is 10.2. The number of ether oxygens (including phenoxy) is 2. The minimum Gasteiger partial charge on any atom is -0.484 e. The summed E-state index contributed by atoms with van der Waals surface area (Å²) in [6.45, 7) is 4.48. The molecule has 0 radical (unpaired) electrons. The minimum absolute atomic E-state index is 0.188. The van der Waals surface area contributed by atoms with Crippen molar-refractivity contribution in [3.63, 3.8) is 0 Å². The molecule has 2 aromatic heterocycles. The van der Waals surface area contributed by atoms with Crippen LogP contribution in [-0.2, 0) is 17.8 Å². The number of carbonyl (C=O) groups excluding carboxylic acids is 1. The molecule has 5 nitrogen and oxygen atoms in total. The molecule has 2 heterocycles. The molecule has 118 valence electrons. The van der Waals surface area contributed by atoms with Gasteiger partial charge in [-0.1, -0.05) is 13.3 Å². The first-order valence-electron chi connectivity index (χ1n) is 7.56. The van der Waals surface area contributed by atoms with Crippen LogP contribution in [0.1, 0.15) is 48.7 Å². The number of furan rings is 1. The second kappa shape index (κ2) is 8.22. The van der Waals surface area contributed by atoms with Crippen molar-refractivity contribution in [2.75, 3.05) is 6.61 Å². The van der Waals surface area contributed by atoms with Crippen molar-refractivity contribution in [3.8, 4) is 5.75 Å². The van der Waals surface area contributed by atoms with Gasteiger partial charge in [-0.15, -0.1) is 0 Å². The predicted octanol–water partition coefficient (Wildman–Crippen LogP) is 3.77. The summed E-state index contributed by atoms with van der Waals surface area (Å²) < 4.78 is 15.8. The SMILES string of the molecule is CCCCc1ccc(OCc2ccc(C(=O)OCC)o2)cn1. The van der Waals surface area contributed by atoms with E-state index in [1.165, 1.54) is 0 Å². The van der Waals surface area contributed by atoms with Gasteiger partial charge in [0.15, 0.2) is 0 Å². The van der Waals surface area contributed by atoms with E-state index in [4.69, 9.17) is 13.9 Å². The van der Waals surface area contributed by atoms with E-state index in [1.807, 2.05) is 12.1 Å². The van der Waals surface area contributed by atoms with E-state index in [-0.39, 0.29) is 12.4 Å². The fraction of sp³-hybridized carbons (Fsp3) is 0.412. The normalized spacial score (nSPS) is 10.5. The average molecular weight is 303 g/mol. The number of aromatic nitrogens is 1. The van der Waals surface area contributed by atoms with Crippen LogP contribution in [0.3, 0.4) is 0 Å². The maximum atomic E-state index is 11.5. The summed E-state index contributed by atoms with van der Waals surface area (Å²) in [5.74, 6) is 0.969. The first-order chi connectivity index (χ1) is 10.7. The van der Waals surface area contributed by atoms with Crippen LogP contribution in [0.2, 0.25) is 0 Å². The van der Waals surface area contributed by atoms with Gasteiger partial charge in [-0.05, 0) is 44.0 Å². The highest BCUT2D eigenvalue weighted by Crippen LogP contribution is 2.15. The number of aryl methyl sites for hydroxylation is 1. The van der Waals surface area contributed by atoms with E-state index in [2.05, 4.69) is 11.9 Å². The van der Waals surface area contributed by atoms with Crippen LogP contribution in [0, 0.1) is 0 Å². The van der Waals surface area contributed by atoms with Gasteiger partial charge in [0, 0.05) is 5.69 Å². The van der Waals surface area contributed by atoms with Crippen molar-refractivity contribution in [2.24, 2.45) is 0 Å². The van der Waals surface area contributed by atoms with Crippen LogP contribution in [0.25, 0.3) is 0 Å². The van der Waals surface area contributed by atoms with Gasteiger partial charge in [-0.25, -0.2) is 4.79 Å². The zero-order valence-electron chi connectivity index (χ0n) is 13.0.